The van der Waals surface area contributed by atoms with Gasteiger partial charge in [0.15, 0.2) is 22.4 Å². The zero-order chi connectivity index (χ0) is 24.2. The van der Waals surface area contributed by atoms with Crippen molar-refractivity contribution in [2.75, 3.05) is 0 Å². The third-order valence-corrected chi connectivity index (χ3v) is 16.4. The molecule has 5 nitrogen and oxygen atoms in total. The Morgan fingerprint density at radius 1 is 0.906 bits per heavy atom. The Hall–Kier alpha value is -1.34. The standard InChI is InChI=1S/C23H37O5Si4/c1-29(26-30(2,3)4)27-32(8,28-31(5,6)7)17-16-19-14-15-21(22(24)18-19)23(25)20-12-10-9-11-13-20/h9-15,18,24H,16-17H2,1-8H3. The molecule has 2 aromatic carbocycles. The lowest BCUT2D eigenvalue weighted by Crippen LogP contribution is -2.52. The van der Waals surface area contributed by atoms with Gasteiger partial charge in [0.2, 0.25) is 0 Å². The molecule has 0 fully saturated rings. The van der Waals surface area contributed by atoms with Gasteiger partial charge in [-0.3, -0.25) is 4.79 Å². The molecule has 32 heavy (non-hydrogen) atoms. The summed E-state index contributed by atoms with van der Waals surface area (Å²) < 4.78 is 19.3. The molecule has 0 aliphatic heterocycles. The fourth-order valence-corrected chi connectivity index (χ4v) is 17.3. The molecule has 0 spiro atoms. The molecule has 0 aliphatic carbocycles. The van der Waals surface area contributed by atoms with Gasteiger partial charge in [0.25, 0.3) is 0 Å². The highest BCUT2D eigenvalue weighted by Gasteiger charge is 2.39. The Labute approximate surface area is 198 Å². The molecule has 0 saturated heterocycles. The van der Waals surface area contributed by atoms with E-state index in [9.17, 15) is 9.90 Å². The van der Waals surface area contributed by atoms with Crippen molar-refractivity contribution in [3.05, 3.63) is 65.2 Å². The number of carbonyl (C=O) groups is 1. The molecule has 1 radical (unpaired) electrons. The lowest BCUT2D eigenvalue weighted by Gasteiger charge is -2.36. The summed E-state index contributed by atoms with van der Waals surface area (Å²) in [5.74, 6) is -0.171. The zero-order valence-corrected chi connectivity index (χ0v) is 24.6. The van der Waals surface area contributed by atoms with Crippen molar-refractivity contribution in [1.29, 1.82) is 0 Å². The van der Waals surface area contributed by atoms with Crippen LogP contribution in [0.25, 0.3) is 0 Å². The van der Waals surface area contributed by atoms with E-state index < -0.39 is 34.5 Å². The van der Waals surface area contributed by atoms with Crippen LogP contribution in [0, 0.1) is 0 Å². The van der Waals surface area contributed by atoms with E-state index in [0.717, 1.165) is 11.6 Å². The molecule has 0 aliphatic rings. The van der Waals surface area contributed by atoms with Crippen LogP contribution in [-0.2, 0) is 18.8 Å². The third-order valence-electron chi connectivity index (χ3n) is 4.54. The Balaban J connectivity index is 2.14. The van der Waals surface area contributed by atoms with Crippen molar-refractivity contribution < 1.29 is 22.2 Å². The maximum Gasteiger partial charge on any atom is 0.360 e. The number of carbonyl (C=O) groups excluding carboxylic acids is 1. The summed E-state index contributed by atoms with van der Waals surface area (Å²) in [6, 6.07) is 15.1. The molecule has 0 amide bonds. The van der Waals surface area contributed by atoms with Gasteiger partial charge in [-0.1, -0.05) is 36.4 Å². The van der Waals surface area contributed by atoms with Crippen LogP contribution in [0.5, 0.6) is 5.75 Å². The molecule has 0 heterocycles. The number of aryl methyl sites for hydroxylation is 1. The van der Waals surface area contributed by atoms with Crippen LogP contribution >= 0.6 is 0 Å². The molecule has 0 bridgehead atoms. The average molecular weight is 506 g/mol. The van der Waals surface area contributed by atoms with Gasteiger partial charge in [-0.2, -0.15) is 0 Å². The molecule has 0 saturated carbocycles. The first kappa shape index (κ1) is 26.9. The molecule has 0 aromatic heterocycles. The van der Waals surface area contributed by atoms with Gasteiger partial charge in [0.05, 0.1) is 5.56 Å². The minimum Gasteiger partial charge on any atom is -0.507 e. The lowest BCUT2D eigenvalue weighted by atomic mass is 10.0. The van der Waals surface area contributed by atoms with Crippen molar-refractivity contribution in [2.24, 2.45) is 0 Å². The van der Waals surface area contributed by atoms with E-state index in [1.165, 1.54) is 0 Å². The predicted octanol–water partition coefficient (Wildman–Crippen LogP) is 6.08. The summed E-state index contributed by atoms with van der Waals surface area (Å²) in [7, 11) is -7.39. The molecule has 1 N–H and O–H groups in total. The molecule has 9 heteroatoms. The Morgan fingerprint density at radius 2 is 1.53 bits per heavy atom. The van der Waals surface area contributed by atoms with Crippen molar-refractivity contribution in [3.63, 3.8) is 0 Å². The van der Waals surface area contributed by atoms with E-state index in [1.54, 1.807) is 24.3 Å². The maximum absolute atomic E-state index is 12.7. The molecule has 2 rings (SSSR count). The van der Waals surface area contributed by atoms with Gasteiger partial charge >= 0.3 is 17.8 Å². The number of hydrogen-bond acceptors (Lipinski definition) is 5. The van der Waals surface area contributed by atoms with E-state index in [1.807, 2.05) is 24.3 Å². The number of hydrogen-bond donors (Lipinski definition) is 1. The summed E-state index contributed by atoms with van der Waals surface area (Å²) >= 11 is 0. The maximum atomic E-state index is 12.7. The first-order chi connectivity index (χ1) is 14.7. The largest absolute Gasteiger partial charge is 0.507 e. The number of aromatic hydroxyl groups is 1. The molecule has 175 valence electrons. The first-order valence-electron chi connectivity index (χ1n) is 11.0. The van der Waals surface area contributed by atoms with Gasteiger partial charge < -0.3 is 17.5 Å². The molecule has 2 aromatic rings. The predicted molar refractivity (Wildman–Crippen MR) is 140 cm³/mol. The van der Waals surface area contributed by atoms with Crippen molar-refractivity contribution >= 4 is 40.3 Å². The molecule has 1 unspecified atom stereocenters. The van der Waals surface area contributed by atoms with Crippen LogP contribution in [0.2, 0.25) is 58.4 Å². The smallest absolute Gasteiger partial charge is 0.360 e. The van der Waals surface area contributed by atoms with Crippen LogP contribution < -0.4 is 0 Å². The van der Waals surface area contributed by atoms with E-state index in [-0.39, 0.29) is 11.5 Å². The SMILES string of the molecule is C[Si](O[Si](C)(C)C)O[Si](C)(CCc1ccc(C(=O)c2ccccc2)c(O)c1)O[Si](C)(C)C. The highest BCUT2D eigenvalue weighted by molar-refractivity contribution is 6.85. The number of ketones is 1. The second-order valence-electron chi connectivity index (χ2n) is 10.2. The van der Waals surface area contributed by atoms with E-state index in [0.29, 0.717) is 17.5 Å². The van der Waals surface area contributed by atoms with E-state index in [2.05, 4.69) is 52.4 Å². The summed E-state index contributed by atoms with van der Waals surface area (Å²) in [4.78, 5) is 12.7. The number of phenolic OH excluding ortho intramolecular Hbond substituents is 1. The van der Waals surface area contributed by atoms with Crippen molar-refractivity contribution in [3.8, 4) is 5.75 Å². The average Bonchev–Trinajstić information content (AvgIpc) is 2.63. The molecule has 1 atom stereocenters. The minimum absolute atomic E-state index is 0.00839. The number of benzene rings is 2. The van der Waals surface area contributed by atoms with E-state index >= 15 is 0 Å². The van der Waals surface area contributed by atoms with Crippen LogP contribution in [-0.4, -0.2) is 45.4 Å². The second-order valence-corrected chi connectivity index (χ2v) is 24.9. The zero-order valence-electron chi connectivity index (χ0n) is 20.6. The van der Waals surface area contributed by atoms with E-state index in [4.69, 9.17) is 12.3 Å². The summed E-state index contributed by atoms with van der Waals surface area (Å²) in [5.41, 5.74) is 1.84. The van der Waals surface area contributed by atoms with Crippen molar-refractivity contribution in [2.45, 2.75) is 64.8 Å². The Bertz CT molecular complexity index is 909. The number of phenols is 1. The van der Waals surface area contributed by atoms with Gasteiger partial charge in [-0.05, 0) is 82.5 Å². The topological polar surface area (TPSA) is 65.0 Å². The van der Waals surface area contributed by atoms with Gasteiger partial charge in [-0.15, -0.1) is 0 Å². The van der Waals surface area contributed by atoms with Crippen molar-refractivity contribution in [1.82, 2.24) is 0 Å². The van der Waals surface area contributed by atoms with Gasteiger partial charge in [-0.25, -0.2) is 0 Å². The van der Waals surface area contributed by atoms with Crippen LogP contribution in [0.1, 0.15) is 21.5 Å². The van der Waals surface area contributed by atoms with Gasteiger partial charge in [0, 0.05) is 5.56 Å². The lowest BCUT2D eigenvalue weighted by molar-refractivity contribution is 0.103. The normalized spacial score (nSPS) is 14.4. The van der Waals surface area contributed by atoms with Crippen LogP contribution in [0.15, 0.2) is 48.5 Å². The Morgan fingerprint density at radius 3 is 2.06 bits per heavy atom. The highest BCUT2D eigenvalue weighted by Crippen LogP contribution is 2.27. The molecular formula is C23H37O5Si4. The van der Waals surface area contributed by atoms with Gasteiger partial charge in [0.1, 0.15) is 5.75 Å². The fraction of sp³-hybridized carbons (Fsp3) is 0.435. The minimum atomic E-state index is -2.48. The van der Waals surface area contributed by atoms with Crippen LogP contribution in [0.4, 0.5) is 0 Å². The van der Waals surface area contributed by atoms with Crippen LogP contribution in [0.3, 0.4) is 0 Å². The highest BCUT2D eigenvalue weighted by atomic mass is 28.5. The summed E-state index contributed by atoms with van der Waals surface area (Å²) in [6.07, 6.45) is 0.711. The summed E-state index contributed by atoms with van der Waals surface area (Å²) in [6.45, 7) is 17.2. The Kier molecular flexibility index (Phi) is 9.02. The quantitative estimate of drug-likeness (QED) is 0.296. The number of rotatable bonds is 11. The third kappa shape index (κ3) is 8.89. The summed E-state index contributed by atoms with van der Waals surface area (Å²) in [5, 5.41) is 10.5. The molecular weight excluding hydrogens is 469 g/mol. The first-order valence-corrected chi connectivity index (χ1v) is 22.2. The second kappa shape index (κ2) is 10.7. The monoisotopic (exact) mass is 505 g/mol. The fourth-order valence-electron chi connectivity index (χ4n) is 3.57.